The Morgan fingerprint density at radius 2 is 1.77 bits per heavy atom. The summed E-state index contributed by atoms with van der Waals surface area (Å²) in [6.07, 6.45) is 0.453. The lowest BCUT2D eigenvalue weighted by Gasteiger charge is -2.41. The maximum atomic E-state index is 14.8. The number of nitrogens with zero attached hydrogens (tertiary/aromatic N) is 3. The molecule has 4 rings (SSSR count). The average molecular weight is 493 g/mol. The van der Waals surface area contributed by atoms with Gasteiger partial charge in [0.2, 0.25) is 5.91 Å². The zero-order valence-electron chi connectivity index (χ0n) is 19.4. The molecule has 1 unspecified atom stereocenters. The van der Waals surface area contributed by atoms with E-state index in [1.165, 1.54) is 21.9 Å². The van der Waals surface area contributed by atoms with Crippen LogP contribution in [0.2, 0.25) is 0 Å². The molecule has 1 aliphatic rings. The number of β-lactam (4-membered cyclic amide) rings is 1. The normalized spacial score (nSPS) is 16.4. The van der Waals surface area contributed by atoms with Crippen molar-refractivity contribution in [2.24, 2.45) is 0 Å². The van der Waals surface area contributed by atoms with Gasteiger partial charge in [-0.1, -0.05) is 0 Å². The molecule has 35 heavy (non-hydrogen) atoms. The molecule has 1 atom stereocenters. The zero-order chi connectivity index (χ0) is 25.7. The van der Waals surface area contributed by atoms with E-state index in [0.29, 0.717) is 23.6 Å². The molecule has 11 heteroatoms. The topological polar surface area (TPSA) is 73.7 Å². The second-order valence-corrected chi connectivity index (χ2v) is 9.41. The van der Waals surface area contributed by atoms with Gasteiger partial charge in [0, 0.05) is 30.3 Å². The van der Waals surface area contributed by atoms with Crippen LogP contribution in [0.15, 0.2) is 36.7 Å². The molecule has 0 spiro atoms. The van der Waals surface area contributed by atoms with Crippen molar-refractivity contribution < 1.29 is 36.6 Å². The van der Waals surface area contributed by atoms with Crippen molar-refractivity contribution in [2.45, 2.75) is 51.7 Å². The highest BCUT2D eigenvalue weighted by atomic mass is 19.3. The largest absolute Gasteiger partial charge is 0.487 e. The maximum absolute atomic E-state index is 14.8. The van der Waals surface area contributed by atoms with E-state index < -0.39 is 41.9 Å². The van der Waals surface area contributed by atoms with E-state index in [-0.39, 0.29) is 23.6 Å². The molecule has 0 saturated carbocycles. The predicted molar refractivity (Wildman–Crippen MR) is 119 cm³/mol. The minimum absolute atomic E-state index is 0.162. The molecular formula is C24H23F4N3O4. The van der Waals surface area contributed by atoms with Crippen LogP contribution < -0.4 is 9.64 Å². The summed E-state index contributed by atoms with van der Waals surface area (Å²) < 4.78 is 67.0. The summed E-state index contributed by atoms with van der Waals surface area (Å²) in [6.45, 7) is 4.73. The fourth-order valence-electron chi connectivity index (χ4n) is 3.75. The van der Waals surface area contributed by atoms with Crippen molar-refractivity contribution in [1.82, 2.24) is 9.55 Å². The first kappa shape index (κ1) is 24.5. The minimum atomic E-state index is -3.17. The highest BCUT2D eigenvalue weighted by Gasteiger charge is 2.42. The van der Waals surface area contributed by atoms with Crippen molar-refractivity contribution in [1.29, 1.82) is 0 Å². The van der Waals surface area contributed by atoms with Gasteiger partial charge in [0.25, 0.3) is 5.92 Å². The summed E-state index contributed by atoms with van der Waals surface area (Å²) in [5.74, 6) is -6.00. The summed E-state index contributed by atoms with van der Waals surface area (Å²) in [7, 11) is 0. The van der Waals surface area contributed by atoms with E-state index in [1.807, 2.05) is 0 Å². The summed E-state index contributed by atoms with van der Waals surface area (Å²) >= 11 is 0. The molecule has 2 heterocycles. The summed E-state index contributed by atoms with van der Waals surface area (Å²) in [5.41, 5.74) is -0.0345. The lowest BCUT2D eigenvalue weighted by Crippen LogP contribution is -2.47. The molecule has 7 nitrogen and oxygen atoms in total. The van der Waals surface area contributed by atoms with Gasteiger partial charge in [0.05, 0.1) is 23.5 Å². The molecule has 1 saturated heterocycles. The Kier molecular flexibility index (Phi) is 5.98. The van der Waals surface area contributed by atoms with Gasteiger partial charge in [-0.15, -0.1) is 0 Å². The quantitative estimate of drug-likeness (QED) is 0.341. The fourth-order valence-corrected chi connectivity index (χ4v) is 3.75. The number of imidazole rings is 1. The van der Waals surface area contributed by atoms with E-state index in [0.717, 1.165) is 12.1 Å². The van der Waals surface area contributed by atoms with E-state index in [1.54, 1.807) is 32.9 Å². The van der Waals surface area contributed by atoms with Gasteiger partial charge in [-0.25, -0.2) is 31.9 Å². The lowest BCUT2D eigenvalue weighted by atomic mass is 9.92. The van der Waals surface area contributed by atoms with Crippen LogP contribution >= 0.6 is 0 Å². The smallest absolute Gasteiger partial charge is 0.420 e. The third-order valence-corrected chi connectivity index (χ3v) is 5.23. The molecule has 186 valence electrons. The van der Waals surface area contributed by atoms with Gasteiger partial charge < -0.3 is 14.4 Å². The number of aromatic nitrogens is 2. The van der Waals surface area contributed by atoms with Crippen molar-refractivity contribution in [2.75, 3.05) is 11.5 Å². The monoisotopic (exact) mass is 493 g/mol. The molecule has 0 N–H and O–H groups in total. The molecule has 0 aliphatic carbocycles. The van der Waals surface area contributed by atoms with Gasteiger partial charge in [-0.3, -0.25) is 4.79 Å². The molecule has 0 radical (unpaired) electrons. The van der Waals surface area contributed by atoms with E-state index in [2.05, 4.69) is 4.98 Å². The number of ether oxygens (including phenoxy) is 2. The first-order valence-electron chi connectivity index (χ1n) is 10.8. The third-order valence-electron chi connectivity index (χ3n) is 5.23. The van der Waals surface area contributed by atoms with Crippen LogP contribution in [0, 0.1) is 11.6 Å². The summed E-state index contributed by atoms with van der Waals surface area (Å²) in [5, 5.41) is 0. The standard InChI is InChI=1S/C24H23F4N3O4/c1-23(2,3)35-22(33)30-12-29-17-6-5-13(7-18(17)30)31-19(10-20(31)32)21-15(25)8-14(9-16(21)26)34-11-24(4,27)28/h5-9,12,19H,10-11H2,1-4H3. The Morgan fingerprint density at radius 1 is 1.11 bits per heavy atom. The van der Waals surface area contributed by atoms with Crippen LogP contribution in [0.1, 0.15) is 45.7 Å². The number of halogens is 4. The number of carbonyl (C=O) groups excluding carboxylic acids is 2. The number of rotatable bonds is 5. The molecule has 2 aromatic carbocycles. The number of anilines is 1. The Hall–Kier alpha value is -3.63. The van der Waals surface area contributed by atoms with E-state index in [4.69, 9.17) is 9.47 Å². The Labute approximate surface area is 198 Å². The Morgan fingerprint density at radius 3 is 2.34 bits per heavy atom. The van der Waals surface area contributed by atoms with Gasteiger partial charge in [-0.2, -0.15) is 0 Å². The number of hydrogen-bond donors (Lipinski definition) is 0. The van der Waals surface area contributed by atoms with Gasteiger partial charge >= 0.3 is 6.09 Å². The fraction of sp³-hybridized carbons (Fsp3) is 0.375. The number of amides is 1. The first-order valence-corrected chi connectivity index (χ1v) is 10.8. The Balaban J connectivity index is 1.65. The summed E-state index contributed by atoms with van der Waals surface area (Å²) in [4.78, 5) is 30.4. The van der Waals surface area contributed by atoms with Crippen LogP contribution in [0.3, 0.4) is 0 Å². The third kappa shape index (κ3) is 5.08. The van der Waals surface area contributed by atoms with Crippen LogP contribution in [0.5, 0.6) is 5.75 Å². The molecule has 1 amide bonds. The summed E-state index contributed by atoms with van der Waals surface area (Å²) in [6, 6.07) is 5.28. The SMILES string of the molecule is CC(F)(F)COc1cc(F)c(C2CC(=O)N2c2ccc3ncn(C(=O)OC(C)(C)C)c3c2)c(F)c1. The molecule has 1 aromatic heterocycles. The van der Waals surface area contributed by atoms with E-state index in [9.17, 15) is 27.2 Å². The predicted octanol–water partition coefficient (Wildman–Crippen LogP) is 5.61. The second kappa shape index (κ2) is 8.54. The molecule has 1 aliphatic heterocycles. The highest BCUT2D eigenvalue weighted by molar-refractivity contribution is 6.02. The van der Waals surface area contributed by atoms with Crippen molar-refractivity contribution in [3.63, 3.8) is 0 Å². The number of fused-ring (bicyclic) bond motifs is 1. The average Bonchev–Trinajstić information content (AvgIpc) is 3.13. The van der Waals surface area contributed by atoms with Gasteiger partial charge in [0.1, 0.15) is 29.3 Å². The van der Waals surface area contributed by atoms with Crippen molar-refractivity contribution in [3.8, 4) is 5.75 Å². The lowest BCUT2D eigenvalue weighted by molar-refractivity contribution is -0.124. The maximum Gasteiger partial charge on any atom is 0.420 e. The van der Waals surface area contributed by atoms with Crippen LogP contribution in [-0.4, -0.2) is 39.7 Å². The van der Waals surface area contributed by atoms with Crippen molar-refractivity contribution in [3.05, 3.63) is 53.9 Å². The van der Waals surface area contributed by atoms with Crippen LogP contribution in [0.4, 0.5) is 28.0 Å². The molecular weight excluding hydrogens is 470 g/mol. The highest BCUT2D eigenvalue weighted by Crippen LogP contribution is 2.42. The molecule has 1 fully saturated rings. The van der Waals surface area contributed by atoms with Crippen molar-refractivity contribution >= 4 is 28.7 Å². The first-order chi connectivity index (χ1) is 16.2. The number of benzene rings is 2. The molecule has 3 aromatic rings. The Bertz CT molecular complexity index is 1290. The second-order valence-electron chi connectivity index (χ2n) is 9.41. The number of carbonyl (C=O) groups is 2. The van der Waals surface area contributed by atoms with E-state index >= 15 is 0 Å². The minimum Gasteiger partial charge on any atom is -0.487 e. The zero-order valence-corrected chi connectivity index (χ0v) is 19.4. The number of hydrogen-bond acceptors (Lipinski definition) is 5. The van der Waals surface area contributed by atoms with Crippen LogP contribution in [0.25, 0.3) is 11.0 Å². The van der Waals surface area contributed by atoms with Gasteiger partial charge in [-0.05, 0) is 39.0 Å². The van der Waals surface area contributed by atoms with Crippen LogP contribution in [-0.2, 0) is 9.53 Å². The number of alkyl halides is 2. The van der Waals surface area contributed by atoms with Gasteiger partial charge in [0.15, 0.2) is 6.61 Å². The molecule has 0 bridgehead atoms.